The number of carbonyl (C=O) groups excluding carboxylic acids is 1. The Bertz CT molecular complexity index is 540. The van der Waals surface area contributed by atoms with Crippen LogP contribution in [0.4, 0.5) is 4.39 Å². The van der Waals surface area contributed by atoms with Crippen molar-refractivity contribution < 1.29 is 9.18 Å². The SMILES string of the molecule is CN(C(=O)C1(c2cccc(F)c2)CCCCC1)C1CCNC1.Cl. The van der Waals surface area contributed by atoms with Gasteiger partial charge in [0.1, 0.15) is 5.82 Å². The summed E-state index contributed by atoms with van der Waals surface area (Å²) in [4.78, 5) is 15.2. The highest BCUT2D eigenvalue weighted by atomic mass is 35.5. The van der Waals surface area contributed by atoms with Gasteiger partial charge in [-0.15, -0.1) is 12.4 Å². The smallest absolute Gasteiger partial charge is 0.233 e. The van der Waals surface area contributed by atoms with Crippen LogP contribution >= 0.6 is 12.4 Å². The Kier molecular flexibility index (Phi) is 6.04. The van der Waals surface area contributed by atoms with Gasteiger partial charge in [-0.3, -0.25) is 4.79 Å². The standard InChI is InChI=1S/C18H25FN2O.ClH/c1-21(16-8-11-20-13-16)17(22)18(9-3-2-4-10-18)14-6-5-7-15(19)12-14;/h5-7,12,16,20H,2-4,8-11,13H2,1H3;1H. The number of benzene rings is 1. The number of carbonyl (C=O) groups is 1. The van der Waals surface area contributed by atoms with Gasteiger partial charge in [-0.25, -0.2) is 4.39 Å². The van der Waals surface area contributed by atoms with Crippen molar-refractivity contribution in [2.75, 3.05) is 20.1 Å². The zero-order valence-corrected chi connectivity index (χ0v) is 14.5. The molecular weight excluding hydrogens is 315 g/mol. The molecule has 1 heterocycles. The number of hydrogen-bond donors (Lipinski definition) is 1. The Balaban J connectivity index is 0.00000192. The summed E-state index contributed by atoms with van der Waals surface area (Å²) < 4.78 is 13.7. The van der Waals surface area contributed by atoms with E-state index >= 15 is 0 Å². The normalized spacial score (nSPS) is 23.1. The van der Waals surface area contributed by atoms with Crippen LogP contribution in [0.5, 0.6) is 0 Å². The van der Waals surface area contributed by atoms with Crippen LogP contribution in [0.2, 0.25) is 0 Å². The Labute approximate surface area is 144 Å². The second-order valence-corrected chi connectivity index (χ2v) is 6.72. The number of halogens is 2. The molecule has 128 valence electrons. The number of rotatable bonds is 3. The summed E-state index contributed by atoms with van der Waals surface area (Å²) in [6, 6.07) is 6.93. The Morgan fingerprint density at radius 2 is 2.04 bits per heavy atom. The molecule has 3 rings (SSSR count). The molecule has 1 N–H and O–H groups in total. The first-order valence-electron chi connectivity index (χ1n) is 8.37. The third-order valence-corrected chi connectivity index (χ3v) is 5.40. The molecule has 0 aromatic heterocycles. The lowest BCUT2D eigenvalue weighted by atomic mass is 9.68. The second kappa shape index (κ2) is 7.63. The fourth-order valence-electron chi connectivity index (χ4n) is 4.04. The molecule has 5 heteroatoms. The van der Waals surface area contributed by atoms with E-state index in [4.69, 9.17) is 0 Å². The van der Waals surface area contributed by atoms with Gasteiger partial charge < -0.3 is 10.2 Å². The lowest BCUT2D eigenvalue weighted by Gasteiger charge is -2.41. The molecule has 2 fully saturated rings. The van der Waals surface area contributed by atoms with Crippen LogP contribution in [-0.2, 0) is 10.2 Å². The Morgan fingerprint density at radius 1 is 1.30 bits per heavy atom. The maximum absolute atomic E-state index is 13.7. The van der Waals surface area contributed by atoms with Crippen LogP contribution in [0, 0.1) is 5.82 Å². The number of likely N-dealkylation sites (N-methyl/N-ethyl adjacent to an activating group) is 1. The molecule has 1 saturated heterocycles. The fourth-order valence-corrected chi connectivity index (χ4v) is 4.04. The van der Waals surface area contributed by atoms with Crippen molar-refractivity contribution in [3.63, 3.8) is 0 Å². The first-order chi connectivity index (χ1) is 10.6. The van der Waals surface area contributed by atoms with Gasteiger partial charge in [0.05, 0.1) is 5.41 Å². The Hall–Kier alpha value is -1.13. The van der Waals surface area contributed by atoms with Gasteiger partial charge in [-0.05, 0) is 43.5 Å². The van der Waals surface area contributed by atoms with Crippen molar-refractivity contribution in [3.05, 3.63) is 35.6 Å². The predicted molar refractivity (Wildman–Crippen MR) is 92.5 cm³/mol. The van der Waals surface area contributed by atoms with Crippen molar-refractivity contribution in [2.45, 2.75) is 50.0 Å². The van der Waals surface area contributed by atoms with Crippen molar-refractivity contribution in [1.29, 1.82) is 0 Å². The van der Waals surface area contributed by atoms with Crippen LogP contribution < -0.4 is 5.32 Å². The molecule has 1 aliphatic heterocycles. The highest BCUT2D eigenvalue weighted by Crippen LogP contribution is 2.41. The average Bonchev–Trinajstić information content (AvgIpc) is 3.08. The Morgan fingerprint density at radius 3 is 2.65 bits per heavy atom. The number of amides is 1. The molecule has 0 spiro atoms. The molecule has 0 bridgehead atoms. The third kappa shape index (κ3) is 3.53. The molecule has 3 nitrogen and oxygen atoms in total. The van der Waals surface area contributed by atoms with Gasteiger partial charge in [0, 0.05) is 19.6 Å². The highest BCUT2D eigenvalue weighted by molar-refractivity contribution is 5.88. The van der Waals surface area contributed by atoms with Crippen LogP contribution in [0.15, 0.2) is 24.3 Å². The summed E-state index contributed by atoms with van der Waals surface area (Å²) in [6.45, 7) is 1.83. The minimum absolute atomic E-state index is 0. The van der Waals surface area contributed by atoms with Crippen LogP contribution in [0.3, 0.4) is 0 Å². The number of hydrogen-bond acceptors (Lipinski definition) is 2. The topological polar surface area (TPSA) is 32.3 Å². The lowest BCUT2D eigenvalue weighted by Crippen LogP contribution is -2.50. The molecule has 0 radical (unpaired) electrons. The molecule has 2 aliphatic rings. The maximum atomic E-state index is 13.7. The van der Waals surface area contributed by atoms with E-state index in [1.165, 1.54) is 12.5 Å². The number of nitrogens with one attached hydrogen (secondary N) is 1. The predicted octanol–water partition coefficient (Wildman–Crippen LogP) is 3.27. The van der Waals surface area contributed by atoms with Gasteiger partial charge in [-0.2, -0.15) is 0 Å². The molecule has 1 saturated carbocycles. The molecule has 1 atom stereocenters. The van der Waals surface area contributed by atoms with E-state index in [1.54, 1.807) is 12.1 Å². The van der Waals surface area contributed by atoms with Crippen molar-refractivity contribution >= 4 is 18.3 Å². The zero-order valence-electron chi connectivity index (χ0n) is 13.7. The van der Waals surface area contributed by atoms with Crippen molar-refractivity contribution in [2.24, 2.45) is 0 Å². The second-order valence-electron chi connectivity index (χ2n) is 6.72. The molecule has 1 unspecified atom stereocenters. The third-order valence-electron chi connectivity index (χ3n) is 5.40. The van der Waals surface area contributed by atoms with Crippen molar-refractivity contribution in [3.8, 4) is 0 Å². The van der Waals surface area contributed by atoms with E-state index in [0.717, 1.165) is 50.8 Å². The quantitative estimate of drug-likeness (QED) is 0.916. The summed E-state index contributed by atoms with van der Waals surface area (Å²) >= 11 is 0. The summed E-state index contributed by atoms with van der Waals surface area (Å²) in [5.74, 6) is -0.0769. The monoisotopic (exact) mass is 340 g/mol. The van der Waals surface area contributed by atoms with E-state index in [9.17, 15) is 9.18 Å². The minimum Gasteiger partial charge on any atom is -0.341 e. The van der Waals surface area contributed by atoms with Crippen LogP contribution in [0.25, 0.3) is 0 Å². The van der Waals surface area contributed by atoms with Gasteiger partial charge in [0.25, 0.3) is 0 Å². The van der Waals surface area contributed by atoms with Crippen molar-refractivity contribution in [1.82, 2.24) is 10.2 Å². The van der Waals surface area contributed by atoms with E-state index in [2.05, 4.69) is 5.32 Å². The summed E-state index contributed by atoms with van der Waals surface area (Å²) in [5, 5.41) is 3.32. The zero-order chi connectivity index (χ0) is 15.6. The van der Waals surface area contributed by atoms with E-state index < -0.39 is 5.41 Å². The summed E-state index contributed by atoms with van der Waals surface area (Å²) in [6.07, 6.45) is 5.91. The van der Waals surface area contributed by atoms with Gasteiger partial charge in [0.15, 0.2) is 0 Å². The average molecular weight is 341 g/mol. The van der Waals surface area contributed by atoms with Crippen LogP contribution in [-0.4, -0.2) is 37.0 Å². The van der Waals surface area contributed by atoms with Gasteiger partial charge in [-0.1, -0.05) is 31.4 Å². The molecule has 1 aliphatic carbocycles. The van der Waals surface area contributed by atoms with E-state index in [-0.39, 0.29) is 30.2 Å². The molecule has 23 heavy (non-hydrogen) atoms. The maximum Gasteiger partial charge on any atom is 0.233 e. The first-order valence-corrected chi connectivity index (χ1v) is 8.37. The van der Waals surface area contributed by atoms with E-state index in [1.807, 2.05) is 18.0 Å². The molecule has 1 aromatic rings. The largest absolute Gasteiger partial charge is 0.341 e. The highest BCUT2D eigenvalue weighted by Gasteiger charge is 2.44. The van der Waals surface area contributed by atoms with Gasteiger partial charge in [0.2, 0.25) is 5.91 Å². The fraction of sp³-hybridized carbons (Fsp3) is 0.611. The van der Waals surface area contributed by atoms with Crippen LogP contribution in [0.1, 0.15) is 44.1 Å². The molecular formula is C18H26ClFN2O. The molecule has 1 aromatic carbocycles. The lowest BCUT2D eigenvalue weighted by molar-refractivity contribution is -0.139. The van der Waals surface area contributed by atoms with E-state index in [0.29, 0.717) is 0 Å². The summed E-state index contributed by atoms with van der Waals surface area (Å²) in [7, 11) is 1.91. The molecule has 1 amide bonds. The first kappa shape index (κ1) is 18.2. The summed E-state index contributed by atoms with van der Waals surface area (Å²) in [5.41, 5.74) is 0.326. The minimum atomic E-state index is -0.530. The van der Waals surface area contributed by atoms with Gasteiger partial charge >= 0.3 is 0 Å². The number of nitrogens with zero attached hydrogens (tertiary/aromatic N) is 1.